The number of nitrogens with zero attached hydrogens (tertiary/aromatic N) is 3. The third-order valence-corrected chi connectivity index (χ3v) is 5.82. The average Bonchev–Trinajstić information content (AvgIpc) is 2.90. The summed E-state index contributed by atoms with van der Waals surface area (Å²) in [6, 6.07) is 12.6. The molecule has 6 nitrogen and oxygen atoms in total. The topological polar surface area (TPSA) is 61.5 Å². The van der Waals surface area contributed by atoms with Crippen LogP contribution < -0.4 is 15.4 Å². The minimum Gasteiger partial charge on any atom is -0.378 e. The summed E-state index contributed by atoms with van der Waals surface area (Å²) in [5, 5.41) is 0. The van der Waals surface area contributed by atoms with Gasteiger partial charge in [-0.25, -0.2) is 0 Å². The molecule has 4 rings (SSSR count). The van der Waals surface area contributed by atoms with Crippen molar-refractivity contribution in [2.24, 2.45) is 5.92 Å². The van der Waals surface area contributed by atoms with Gasteiger partial charge in [-0.15, -0.1) is 0 Å². The van der Waals surface area contributed by atoms with Gasteiger partial charge < -0.3 is 14.5 Å². The summed E-state index contributed by atoms with van der Waals surface area (Å²) in [4.78, 5) is 24.9. The monoisotopic (exact) mass is 382 g/mol. The normalized spacial score (nSPS) is 23.5. The van der Waals surface area contributed by atoms with E-state index in [-0.39, 0.29) is 5.56 Å². The maximum atomic E-state index is 12.4. The van der Waals surface area contributed by atoms with Crippen LogP contribution in [-0.4, -0.2) is 48.9 Å². The second-order valence-electron chi connectivity index (χ2n) is 8.06. The lowest BCUT2D eigenvalue weighted by molar-refractivity contribution is 0.122. The maximum absolute atomic E-state index is 12.4. The fraction of sp³-hybridized carbons (Fsp3) is 0.545. The Hall–Kier alpha value is -2.34. The molecule has 0 amide bonds. The van der Waals surface area contributed by atoms with Crippen LogP contribution in [0.25, 0.3) is 0 Å². The average molecular weight is 383 g/mol. The molecule has 2 atom stereocenters. The Labute approximate surface area is 166 Å². The number of H-pyrrole nitrogens is 1. The predicted molar refractivity (Wildman–Crippen MR) is 112 cm³/mol. The van der Waals surface area contributed by atoms with Crippen molar-refractivity contribution in [3.8, 4) is 0 Å². The molecular weight excluding hydrogens is 352 g/mol. The lowest BCUT2D eigenvalue weighted by atomic mass is 10.0. The second-order valence-corrected chi connectivity index (χ2v) is 8.06. The van der Waals surface area contributed by atoms with Gasteiger partial charge in [0.2, 0.25) is 5.95 Å². The van der Waals surface area contributed by atoms with Crippen LogP contribution in [0.15, 0.2) is 41.2 Å². The molecule has 3 heterocycles. The van der Waals surface area contributed by atoms with Crippen molar-refractivity contribution in [3.63, 3.8) is 0 Å². The van der Waals surface area contributed by atoms with E-state index in [9.17, 15) is 4.79 Å². The summed E-state index contributed by atoms with van der Waals surface area (Å²) < 4.78 is 5.45. The molecule has 1 aromatic carbocycles. The number of morpholine rings is 1. The van der Waals surface area contributed by atoms with E-state index in [1.807, 2.05) is 0 Å². The first-order valence-corrected chi connectivity index (χ1v) is 10.4. The molecule has 2 aromatic rings. The second kappa shape index (κ2) is 8.78. The quantitative estimate of drug-likeness (QED) is 0.881. The van der Waals surface area contributed by atoms with Crippen molar-refractivity contribution in [2.45, 2.75) is 38.6 Å². The molecule has 0 bridgehead atoms. The first-order chi connectivity index (χ1) is 13.7. The van der Waals surface area contributed by atoms with Crippen molar-refractivity contribution < 1.29 is 4.74 Å². The Morgan fingerprint density at radius 1 is 1.18 bits per heavy atom. The molecule has 1 N–H and O–H groups in total. The van der Waals surface area contributed by atoms with Crippen LogP contribution in [0, 0.1) is 5.92 Å². The van der Waals surface area contributed by atoms with Gasteiger partial charge in [-0.2, -0.15) is 4.98 Å². The molecule has 0 radical (unpaired) electrons. The third kappa shape index (κ3) is 4.55. The zero-order valence-corrected chi connectivity index (χ0v) is 16.6. The van der Waals surface area contributed by atoms with E-state index >= 15 is 0 Å². The first-order valence-electron chi connectivity index (χ1n) is 10.4. The molecule has 1 aromatic heterocycles. The molecule has 6 heteroatoms. The molecule has 28 heavy (non-hydrogen) atoms. The van der Waals surface area contributed by atoms with Gasteiger partial charge in [0.05, 0.1) is 13.2 Å². The van der Waals surface area contributed by atoms with Crippen LogP contribution in [0.4, 0.5) is 11.8 Å². The molecule has 0 saturated carbocycles. The summed E-state index contributed by atoms with van der Waals surface area (Å²) in [6.45, 7) is 6.14. The number of hydrogen-bond donors (Lipinski definition) is 1. The zero-order chi connectivity index (χ0) is 19.3. The molecule has 2 saturated heterocycles. The Kier molecular flexibility index (Phi) is 5.95. The largest absolute Gasteiger partial charge is 0.378 e. The molecule has 150 valence electrons. The predicted octanol–water partition coefficient (Wildman–Crippen LogP) is 2.84. The summed E-state index contributed by atoms with van der Waals surface area (Å²) >= 11 is 0. The number of anilines is 2. The lowest BCUT2D eigenvalue weighted by Gasteiger charge is -2.33. The van der Waals surface area contributed by atoms with E-state index < -0.39 is 0 Å². The smallest absolute Gasteiger partial charge is 0.254 e. The summed E-state index contributed by atoms with van der Waals surface area (Å²) in [5.41, 5.74) is 1.25. The van der Waals surface area contributed by atoms with E-state index in [2.05, 4.69) is 52.0 Å². The highest BCUT2D eigenvalue weighted by Crippen LogP contribution is 2.27. The van der Waals surface area contributed by atoms with Gasteiger partial charge in [0, 0.05) is 31.7 Å². The van der Waals surface area contributed by atoms with Crippen molar-refractivity contribution >= 4 is 11.8 Å². The zero-order valence-electron chi connectivity index (χ0n) is 16.6. The number of hydrogen-bond acceptors (Lipinski definition) is 5. The molecule has 0 unspecified atom stereocenters. The SMILES string of the molecule is C[C@H]1CCC[C@H](Cc2ccccc2)N(c2nc(N3CCOCC3)cc(=O)[nH]2)C1. The summed E-state index contributed by atoms with van der Waals surface area (Å²) in [7, 11) is 0. The van der Waals surface area contributed by atoms with Gasteiger partial charge in [0.25, 0.3) is 5.56 Å². The van der Waals surface area contributed by atoms with E-state index in [1.54, 1.807) is 6.07 Å². The highest BCUT2D eigenvalue weighted by atomic mass is 16.5. The van der Waals surface area contributed by atoms with Gasteiger partial charge in [0.15, 0.2) is 0 Å². The molecule has 2 aliphatic heterocycles. The van der Waals surface area contributed by atoms with Crippen LogP contribution in [0.1, 0.15) is 31.7 Å². The van der Waals surface area contributed by atoms with Crippen molar-refractivity contribution in [1.29, 1.82) is 0 Å². The van der Waals surface area contributed by atoms with Crippen LogP contribution in [-0.2, 0) is 11.2 Å². The van der Waals surface area contributed by atoms with Crippen LogP contribution >= 0.6 is 0 Å². The first kappa shape index (κ1) is 19.0. The highest BCUT2D eigenvalue weighted by molar-refractivity contribution is 5.45. The third-order valence-electron chi connectivity index (χ3n) is 5.82. The number of aromatic nitrogens is 2. The van der Waals surface area contributed by atoms with E-state index in [4.69, 9.17) is 9.72 Å². The van der Waals surface area contributed by atoms with E-state index in [0.29, 0.717) is 31.1 Å². The minimum atomic E-state index is -0.0816. The van der Waals surface area contributed by atoms with Crippen molar-refractivity contribution in [2.75, 3.05) is 42.6 Å². The maximum Gasteiger partial charge on any atom is 0.254 e. The van der Waals surface area contributed by atoms with Gasteiger partial charge in [-0.05, 0) is 30.7 Å². The van der Waals surface area contributed by atoms with Gasteiger partial charge in [-0.1, -0.05) is 43.7 Å². The Bertz CT molecular complexity index is 817. The number of nitrogens with one attached hydrogen (secondary N) is 1. The number of benzene rings is 1. The summed E-state index contributed by atoms with van der Waals surface area (Å²) in [6.07, 6.45) is 4.52. The van der Waals surface area contributed by atoms with Crippen LogP contribution in [0.3, 0.4) is 0 Å². The fourth-order valence-corrected chi connectivity index (χ4v) is 4.31. The molecule has 0 spiro atoms. The Balaban J connectivity index is 1.64. The molecular formula is C22H30N4O2. The van der Waals surface area contributed by atoms with Crippen molar-refractivity contribution in [3.05, 3.63) is 52.3 Å². The van der Waals surface area contributed by atoms with Gasteiger partial charge in [0.1, 0.15) is 5.82 Å². The van der Waals surface area contributed by atoms with Crippen LogP contribution in [0.5, 0.6) is 0 Å². The minimum absolute atomic E-state index is 0.0816. The highest BCUT2D eigenvalue weighted by Gasteiger charge is 2.27. The number of aromatic amines is 1. The van der Waals surface area contributed by atoms with E-state index in [1.165, 1.54) is 18.4 Å². The number of rotatable bonds is 4. The van der Waals surface area contributed by atoms with Gasteiger partial charge >= 0.3 is 0 Å². The molecule has 0 aliphatic carbocycles. The Morgan fingerprint density at radius 2 is 1.96 bits per heavy atom. The lowest BCUT2D eigenvalue weighted by Crippen LogP contribution is -2.41. The standard InChI is InChI=1S/C22H30N4O2/c1-17-6-5-9-19(14-18-7-3-2-4-8-18)26(16-17)22-23-20(15-21(27)24-22)25-10-12-28-13-11-25/h2-4,7-8,15,17,19H,5-6,9-14,16H2,1H3,(H,23,24,27)/t17-,19+/m0/s1. The Morgan fingerprint density at radius 3 is 2.75 bits per heavy atom. The fourth-order valence-electron chi connectivity index (χ4n) is 4.31. The number of ether oxygens (including phenoxy) is 1. The van der Waals surface area contributed by atoms with Crippen LogP contribution in [0.2, 0.25) is 0 Å². The molecule has 2 fully saturated rings. The van der Waals surface area contributed by atoms with Gasteiger partial charge in [-0.3, -0.25) is 9.78 Å². The molecule has 2 aliphatic rings. The van der Waals surface area contributed by atoms with E-state index in [0.717, 1.165) is 38.3 Å². The van der Waals surface area contributed by atoms with Crippen molar-refractivity contribution in [1.82, 2.24) is 9.97 Å². The summed E-state index contributed by atoms with van der Waals surface area (Å²) in [5.74, 6) is 2.05.